The van der Waals surface area contributed by atoms with Crippen molar-refractivity contribution in [1.29, 1.82) is 0 Å². The summed E-state index contributed by atoms with van der Waals surface area (Å²) in [5, 5.41) is 0. The molecule has 0 radical (unpaired) electrons. The fourth-order valence-corrected chi connectivity index (χ4v) is 3.63. The summed E-state index contributed by atoms with van der Waals surface area (Å²) in [7, 11) is 0. The Morgan fingerprint density at radius 2 is 1.75 bits per heavy atom. The van der Waals surface area contributed by atoms with Crippen LogP contribution in [0.1, 0.15) is 58.3 Å². The second-order valence-corrected chi connectivity index (χ2v) is 6.18. The average molecular weight is 241 g/mol. The molecule has 0 aliphatic heterocycles. The molecule has 94 valence electrons. The summed E-state index contributed by atoms with van der Waals surface area (Å²) in [4.78, 5) is 2.72. The molecule has 2 heteroatoms. The number of nitrogens with zero attached hydrogens (tertiary/aromatic N) is 1. The third-order valence-electron chi connectivity index (χ3n) is 4.51. The highest BCUT2D eigenvalue weighted by Crippen LogP contribution is 2.39. The van der Waals surface area contributed by atoms with Gasteiger partial charge in [-0.15, -0.1) is 0 Å². The maximum Gasteiger partial charge on any atom is 0.00965 e. The summed E-state index contributed by atoms with van der Waals surface area (Å²) < 4.78 is 0. The Morgan fingerprint density at radius 3 is 2.19 bits per heavy atom. The van der Waals surface area contributed by atoms with Crippen molar-refractivity contribution in [3.05, 3.63) is 0 Å². The summed E-state index contributed by atoms with van der Waals surface area (Å²) >= 11 is 4.67. The standard InChI is InChI=1S/C14H27NS/c1-2-15(13-7-8-13)11-14(12-16)9-5-3-4-6-10-14/h13,16H,2-12H2,1H3. The minimum Gasteiger partial charge on any atom is -0.300 e. The van der Waals surface area contributed by atoms with Crippen LogP contribution in [0.3, 0.4) is 0 Å². The number of rotatable bonds is 5. The molecule has 16 heavy (non-hydrogen) atoms. The van der Waals surface area contributed by atoms with Gasteiger partial charge >= 0.3 is 0 Å². The molecule has 2 fully saturated rings. The van der Waals surface area contributed by atoms with Crippen LogP contribution in [0.25, 0.3) is 0 Å². The Bertz CT molecular complexity index is 205. The molecule has 2 aliphatic carbocycles. The average Bonchev–Trinajstić information content (AvgIpc) is 3.13. The predicted octanol–water partition coefficient (Wildman–Crippen LogP) is 3.74. The monoisotopic (exact) mass is 241 g/mol. The van der Waals surface area contributed by atoms with E-state index in [9.17, 15) is 0 Å². The van der Waals surface area contributed by atoms with Crippen LogP contribution in [0.5, 0.6) is 0 Å². The molecule has 1 nitrogen and oxygen atoms in total. The molecule has 0 heterocycles. The van der Waals surface area contributed by atoms with Crippen LogP contribution in [0.4, 0.5) is 0 Å². The lowest BCUT2D eigenvalue weighted by Gasteiger charge is -2.37. The lowest BCUT2D eigenvalue weighted by atomic mass is 9.81. The SMILES string of the molecule is CCN(CC1(CS)CCCCCC1)C1CC1. The molecule has 0 spiro atoms. The Hall–Kier alpha value is 0.310. The van der Waals surface area contributed by atoms with Crippen LogP contribution >= 0.6 is 12.6 Å². The zero-order valence-electron chi connectivity index (χ0n) is 10.7. The molecule has 0 aromatic heterocycles. The molecular formula is C14H27NS. The number of hydrogen-bond acceptors (Lipinski definition) is 2. The molecule has 0 amide bonds. The summed E-state index contributed by atoms with van der Waals surface area (Å²) in [5.41, 5.74) is 0.540. The van der Waals surface area contributed by atoms with E-state index < -0.39 is 0 Å². The van der Waals surface area contributed by atoms with Crippen LogP contribution in [0.2, 0.25) is 0 Å². The highest BCUT2D eigenvalue weighted by Gasteiger charge is 2.36. The van der Waals surface area contributed by atoms with E-state index >= 15 is 0 Å². The smallest absolute Gasteiger partial charge is 0.00965 e. The first-order valence-corrected chi connectivity index (χ1v) is 7.78. The zero-order chi connectivity index (χ0) is 11.4. The van der Waals surface area contributed by atoms with Crippen LogP contribution in [-0.4, -0.2) is 29.8 Å². The van der Waals surface area contributed by atoms with Gasteiger partial charge in [-0.2, -0.15) is 12.6 Å². The zero-order valence-corrected chi connectivity index (χ0v) is 11.6. The summed E-state index contributed by atoms with van der Waals surface area (Å²) in [6.07, 6.45) is 11.5. The maximum atomic E-state index is 4.67. The van der Waals surface area contributed by atoms with Gasteiger partial charge in [0.15, 0.2) is 0 Å². The van der Waals surface area contributed by atoms with Gasteiger partial charge < -0.3 is 4.90 Å². The van der Waals surface area contributed by atoms with E-state index in [1.165, 1.54) is 64.5 Å². The topological polar surface area (TPSA) is 3.24 Å². The largest absolute Gasteiger partial charge is 0.300 e. The molecular weight excluding hydrogens is 214 g/mol. The molecule has 2 aliphatic rings. The van der Waals surface area contributed by atoms with Gasteiger partial charge in [-0.3, -0.25) is 0 Å². The van der Waals surface area contributed by atoms with Crippen molar-refractivity contribution in [3.8, 4) is 0 Å². The Balaban J connectivity index is 1.95. The van der Waals surface area contributed by atoms with Crippen LogP contribution < -0.4 is 0 Å². The van der Waals surface area contributed by atoms with Gasteiger partial charge in [0.2, 0.25) is 0 Å². The molecule has 0 N–H and O–H groups in total. The van der Waals surface area contributed by atoms with Crippen LogP contribution in [0.15, 0.2) is 0 Å². The molecule has 0 aromatic carbocycles. The minimum absolute atomic E-state index is 0.540. The second kappa shape index (κ2) is 5.77. The van der Waals surface area contributed by atoms with E-state index in [0.29, 0.717) is 5.41 Å². The van der Waals surface area contributed by atoms with E-state index in [4.69, 9.17) is 0 Å². The van der Waals surface area contributed by atoms with Gasteiger partial charge in [0, 0.05) is 12.6 Å². The van der Waals surface area contributed by atoms with Gasteiger partial charge in [0.25, 0.3) is 0 Å². The predicted molar refractivity (Wildman–Crippen MR) is 74.3 cm³/mol. The Morgan fingerprint density at radius 1 is 1.12 bits per heavy atom. The van der Waals surface area contributed by atoms with Gasteiger partial charge in [0.1, 0.15) is 0 Å². The minimum atomic E-state index is 0.540. The normalized spacial score (nSPS) is 25.7. The van der Waals surface area contributed by atoms with Crippen molar-refractivity contribution >= 4 is 12.6 Å². The van der Waals surface area contributed by atoms with E-state index in [-0.39, 0.29) is 0 Å². The first-order chi connectivity index (χ1) is 7.79. The molecule has 0 unspecified atom stereocenters. The Labute approximate surface area is 106 Å². The molecule has 0 bridgehead atoms. The first kappa shape index (κ1) is 12.8. The molecule has 2 saturated carbocycles. The van der Waals surface area contributed by atoms with Crippen LogP contribution in [-0.2, 0) is 0 Å². The molecule has 2 rings (SSSR count). The van der Waals surface area contributed by atoms with Crippen molar-refractivity contribution in [1.82, 2.24) is 4.90 Å². The third-order valence-corrected chi connectivity index (χ3v) is 5.18. The lowest BCUT2D eigenvalue weighted by molar-refractivity contribution is 0.149. The number of hydrogen-bond donors (Lipinski definition) is 1. The maximum absolute atomic E-state index is 4.67. The van der Waals surface area contributed by atoms with Crippen LogP contribution in [0, 0.1) is 5.41 Å². The number of thiol groups is 1. The summed E-state index contributed by atoms with van der Waals surface area (Å²) in [6, 6.07) is 0.921. The van der Waals surface area contributed by atoms with Crippen molar-refractivity contribution in [2.75, 3.05) is 18.8 Å². The van der Waals surface area contributed by atoms with Gasteiger partial charge in [-0.25, -0.2) is 0 Å². The summed E-state index contributed by atoms with van der Waals surface area (Å²) in [5.74, 6) is 1.09. The second-order valence-electron chi connectivity index (χ2n) is 5.87. The fraction of sp³-hybridized carbons (Fsp3) is 1.00. The quantitative estimate of drug-likeness (QED) is 0.567. The third kappa shape index (κ3) is 3.16. The van der Waals surface area contributed by atoms with Gasteiger partial charge in [0.05, 0.1) is 0 Å². The van der Waals surface area contributed by atoms with E-state index in [1.807, 2.05) is 0 Å². The fourth-order valence-electron chi connectivity index (χ4n) is 3.21. The van der Waals surface area contributed by atoms with Gasteiger partial charge in [-0.05, 0) is 43.4 Å². The van der Waals surface area contributed by atoms with E-state index in [0.717, 1.165) is 11.8 Å². The Kier molecular flexibility index (Phi) is 4.60. The van der Waals surface area contributed by atoms with E-state index in [1.54, 1.807) is 0 Å². The van der Waals surface area contributed by atoms with Crippen molar-refractivity contribution in [2.45, 2.75) is 64.3 Å². The van der Waals surface area contributed by atoms with Crippen molar-refractivity contribution in [2.24, 2.45) is 5.41 Å². The molecule has 0 atom stereocenters. The lowest BCUT2D eigenvalue weighted by Crippen LogP contribution is -2.40. The summed E-state index contributed by atoms with van der Waals surface area (Å²) in [6.45, 7) is 4.87. The first-order valence-electron chi connectivity index (χ1n) is 7.14. The van der Waals surface area contributed by atoms with E-state index in [2.05, 4.69) is 24.5 Å². The molecule has 0 aromatic rings. The highest BCUT2D eigenvalue weighted by molar-refractivity contribution is 7.80. The van der Waals surface area contributed by atoms with Crippen molar-refractivity contribution in [3.63, 3.8) is 0 Å². The van der Waals surface area contributed by atoms with Gasteiger partial charge in [-0.1, -0.05) is 32.6 Å². The van der Waals surface area contributed by atoms with Crippen molar-refractivity contribution < 1.29 is 0 Å². The molecule has 0 saturated heterocycles. The highest BCUT2D eigenvalue weighted by atomic mass is 32.1.